The van der Waals surface area contributed by atoms with E-state index in [1.807, 2.05) is 6.08 Å². The monoisotopic (exact) mass is 992 g/mol. The number of carbonyl (C=O) groups is 2. The standard InChI is InChI=1S/C59H109NO10/c1-3-5-7-9-11-13-26-31-35-39-43-47-55(64)68-48-44-40-36-32-28-25-23-21-19-17-15-16-18-20-22-24-27-30-34-38-42-46-54(63)60-51(50-69-59-58(67)57(66)56(65)53(49-61)70-59)52(62)45-41-37-33-29-14-12-10-8-6-4-2/h25,28,36,40-41,45,51-53,56-59,61-62,65-67H,3-24,26-27,29-35,37-39,42-44,46-50H2,1-2H3,(H,60,63)/b28-25-,40-36-,45-41+. The Kier molecular flexibility index (Phi) is 46.2. The van der Waals surface area contributed by atoms with Crippen LogP contribution in [0.5, 0.6) is 0 Å². The predicted molar refractivity (Wildman–Crippen MR) is 287 cm³/mol. The van der Waals surface area contributed by atoms with E-state index in [0.717, 1.165) is 70.6 Å². The zero-order valence-electron chi connectivity index (χ0n) is 45.0. The van der Waals surface area contributed by atoms with Crippen LogP contribution in [0.25, 0.3) is 0 Å². The van der Waals surface area contributed by atoms with E-state index in [0.29, 0.717) is 19.4 Å². The Hall–Kier alpha value is -2.12. The highest BCUT2D eigenvalue weighted by Crippen LogP contribution is 2.23. The summed E-state index contributed by atoms with van der Waals surface area (Å²) in [5.41, 5.74) is 0. The van der Waals surface area contributed by atoms with Crippen LogP contribution in [0.2, 0.25) is 0 Å². The Morgan fingerprint density at radius 3 is 1.44 bits per heavy atom. The minimum atomic E-state index is -1.57. The molecule has 7 unspecified atom stereocenters. The summed E-state index contributed by atoms with van der Waals surface area (Å²) in [4.78, 5) is 25.0. The van der Waals surface area contributed by atoms with Crippen molar-refractivity contribution in [2.45, 2.75) is 307 Å². The quantitative estimate of drug-likeness (QED) is 0.0195. The summed E-state index contributed by atoms with van der Waals surface area (Å²) in [6.07, 6.45) is 49.7. The maximum Gasteiger partial charge on any atom is 0.305 e. The summed E-state index contributed by atoms with van der Waals surface area (Å²) in [6, 6.07) is -0.812. The minimum Gasteiger partial charge on any atom is -0.465 e. The van der Waals surface area contributed by atoms with Crippen LogP contribution in [-0.2, 0) is 23.8 Å². The molecule has 11 heteroatoms. The van der Waals surface area contributed by atoms with Crippen LogP contribution in [0, 0.1) is 0 Å². The van der Waals surface area contributed by atoms with E-state index >= 15 is 0 Å². The number of aliphatic hydroxyl groups is 5. The van der Waals surface area contributed by atoms with Gasteiger partial charge in [0.1, 0.15) is 24.4 Å². The fraction of sp³-hybridized carbons (Fsp3) is 0.864. The summed E-state index contributed by atoms with van der Waals surface area (Å²) in [5, 5.41) is 54.2. The Balaban J connectivity index is 2.07. The highest BCUT2D eigenvalue weighted by atomic mass is 16.7. The van der Waals surface area contributed by atoms with Crippen molar-refractivity contribution in [2.24, 2.45) is 0 Å². The van der Waals surface area contributed by atoms with Crippen molar-refractivity contribution in [2.75, 3.05) is 19.8 Å². The zero-order chi connectivity index (χ0) is 51.0. The van der Waals surface area contributed by atoms with Crippen LogP contribution in [-0.4, -0.2) is 100 Å². The van der Waals surface area contributed by atoms with Crippen LogP contribution in [0.4, 0.5) is 0 Å². The SMILES string of the molecule is CCCCCCCCCC/C=C/C(O)C(COC1OC(CO)C(O)C(O)C1O)NC(=O)CCCCCCCCCCCCCCCC/C=C\C/C=C\CCOC(=O)CCCCCCCCCCCCC. The molecule has 1 amide bonds. The average molecular weight is 993 g/mol. The Morgan fingerprint density at radius 2 is 0.957 bits per heavy atom. The number of allylic oxidation sites excluding steroid dienone is 4. The Morgan fingerprint density at radius 1 is 0.529 bits per heavy atom. The van der Waals surface area contributed by atoms with Gasteiger partial charge in [-0.05, 0) is 51.4 Å². The third-order valence-electron chi connectivity index (χ3n) is 13.8. The zero-order valence-corrected chi connectivity index (χ0v) is 45.0. The highest BCUT2D eigenvalue weighted by molar-refractivity contribution is 5.76. The molecule has 0 aromatic carbocycles. The molecule has 1 saturated heterocycles. The number of hydrogen-bond acceptors (Lipinski definition) is 10. The molecule has 7 atom stereocenters. The van der Waals surface area contributed by atoms with Crippen molar-refractivity contribution in [3.63, 3.8) is 0 Å². The van der Waals surface area contributed by atoms with Crippen molar-refractivity contribution < 1.29 is 49.3 Å². The van der Waals surface area contributed by atoms with Crippen LogP contribution < -0.4 is 5.32 Å². The fourth-order valence-electron chi connectivity index (χ4n) is 9.10. The lowest BCUT2D eigenvalue weighted by Gasteiger charge is -2.40. The maximum atomic E-state index is 13.0. The smallest absolute Gasteiger partial charge is 0.305 e. The van der Waals surface area contributed by atoms with Crippen LogP contribution >= 0.6 is 0 Å². The second kappa shape index (κ2) is 49.1. The summed E-state index contributed by atoms with van der Waals surface area (Å²) in [6.45, 7) is 4.21. The van der Waals surface area contributed by atoms with Crippen molar-refractivity contribution in [3.05, 3.63) is 36.5 Å². The van der Waals surface area contributed by atoms with Crippen molar-refractivity contribution in [1.82, 2.24) is 5.32 Å². The lowest BCUT2D eigenvalue weighted by molar-refractivity contribution is -0.302. The molecule has 0 aromatic rings. The van der Waals surface area contributed by atoms with Gasteiger partial charge in [-0.2, -0.15) is 0 Å². The molecule has 0 radical (unpaired) electrons. The van der Waals surface area contributed by atoms with Gasteiger partial charge < -0.3 is 45.1 Å². The molecule has 1 aliphatic heterocycles. The van der Waals surface area contributed by atoms with Gasteiger partial charge in [-0.15, -0.1) is 0 Å². The van der Waals surface area contributed by atoms with Crippen LogP contribution in [0.15, 0.2) is 36.5 Å². The number of unbranched alkanes of at least 4 members (excludes halogenated alkanes) is 32. The third-order valence-corrected chi connectivity index (χ3v) is 13.8. The van der Waals surface area contributed by atoms with E-state index in [-0.39, 0.29) is 18.5 Å². The number of esters is 1. The Labute approximate surface area is 428 Å². The lowest BCUT2D eigenvalue weighted by atomic mass is 9.99. The number of carbonyl (C=O) groups excluding carboxylic acids is 2. The number of ether oxygens (including phenoxy) is 3. The molecule has 1 fully saturated rings. The van der Waals surface area contributed by atoms with Crippen molar-refractivity contribution in [3.8, 4) is 0 Å². The van der Waals surface area contributed by atoms with Gasteiger partial charge in [0.25, 0.3) is 0 Å². The molecule has 410 valence electrons. The number of nitrogens with one attached hydrogen (secondary N) is 1. The Bertz CT molecular complexity index is 1260. The molecule has 70 heavy (non-hydrogen) atoms. The van der Waals surface area contributed by atoms with Gasteiger partial charge in [0.15, 0.2) is 6.29 Å². The normalized spacial score (nSPS) is 19.4. The van der Waals surface area contributed by atoms with Gasteiger partial charge in [0, 0.05) is 12.8 Å². The first-order valence-electron chi connectivity index (χ1n) is 29.3. The summed E-state index contributed by atoms with van der Waals surface area (Å²) >= 11 is 0. The van der Waals surface area contributed by atoms with Gasteiger partial charge in [0.05, 0.1) is 32.0 Å². The summed E-state index contributed by atoms with van der Waals surface area (Å²) in [5.74, 6) is -0.237. The maximum absolute atomic E-state index is 13.0. The minimum absolute atomic E-state index is 0.0490. The number of rotatable bonds is 50. The average Bonchev–Trinajstić information content (AvgIpc) is 3.36. The topological polar surface area (TPSA) is 175 Å². The molecule has 1 rings (SSSR count). The molecule has 11 nitrogen and oxygen atoms in total. The van der Waals surface area contributed by atoms with Gasteiger partial charge in [-0.25, -0.2) is 0 Å². The molecule has 0 bridgehead atoms. The van der Waals surface area contributed by atoms with Gasteiger partial charge in [0.2, 0.25) is 5.91 Å². The number of aliphatic hydroxyl groups excluding tert-OH is 5. The fourth-order valence-corrected chi connectivity index (χ4v) is 9.10. The third kappa shape index (κ3) is 38.5. The van der Waals surface area contributed by atoms with Crippen molar-refractivity contribution in [1.29, 1.82) is 0 Å². The molecule has 0 aliphatic carbocycles. The van der Waals surface area contributed by atoms with E-state index < -0.39 is 49.5 Å². The van der Waals surface area contributed by atoms with Gasteiger partial charge in [-0.3, -0.25) is 9.59 Å². The van der Waals surface area contributed by atoms with E-state index in [2.05, 4.69) is 43.5 Å². The molecule has 0 aromatic heterocycles. The summed E-state index contributed by atoms with van der Waals surface area (Å²) in [7, 11) is 0. The molecular weight excluding hydrogens is 883 g/mol. The molecule has 1 aliphatic rings. The predicted octanol–water partition coefficient (Wildman–Crippen LogP) is 13.1. The van der Waals surface area contributed by atoms with Gasteiger partial charge in [-0.1, -0.05) is 237 Å². The molecule has 0 saturated carbocycles. The summed E-state index contributed by atoms with van der Waals surface area (Å²) < 4.78 is 16.6. The first-order valence-corrected chi connectivity index (χ1v) is 29.3. The highest BCUT2D eigenvalue weighted by Gasteiger charge is 2.44. The lowest BCUT2D eigenvalue weighted by Crippen LogP contribution is -2.60. The number of amides is 1. The molecule has 1 heterocycles. The second-order valence-electron chi connectivity index (χ2n) is 20.3. The molecule has 0 spiro atoms. The van der Waals surface area contributed by atoms with E-state index in [4.69, 9.17) is 14.2 Å². The first kappa shape index (κ1) is 65.9. The van der Waals surface area contributed by atoms with E-state index in [1.165, 1.54) is 167 Å². The second-order valence-corrected chi connectivity index (χ2v) is 20.3. The van der Waals surface area contributed by atoms with Crippen molar-refractivity contribution >= 4 is 11.9 Å². The van der Waals surface area contributed by atoms with Crippen LogP contribution in [0.1, 0.15) is 264 Å². The first-order chi connectivity index (χ1) is 34.2. The van der Waals surface area contributed by atoms with E-state index in [1.54, 1.807) is 6.08 Å². The molecule has 6 N–H and O–H groups in total. The largest absolute Gasteiger partial charge is 0.465 e. The van der Waals surface area contributed by atoms with Gasteiger partial charge >= 0.3 is 5.97 Å². The molecular formula is C59H109NO10. The van der Waals surface area contributed by atoms with E-state index in [9.17, 15) is 35.1 Å². The van der Waals surface area contributed by atoms with Crippen LogP contribution in [0.3, 0.4) is 0 Å². The number of hydrogen-bond donors (Lipinski definition) is 6.